The molecule has 0 atom stereocenters. The Hall–Kier alpha value is -2.61. The van der Waals surface area contributed by atoms with Crippen molar-refractivity contribution in [3.8, 4) is 17.1 Å². The fraction of sp³-hybridized carbons (Fsp3) is 0.375. The van der Waals surface area contributed by atoms with Crippen LogP contribution >= 0.6 is 0 Å². The number of carbonyl (C=O) groups excluding carboxylic acids is 1. The first-order chi connectivity index (χ1) is 11.5. The van der Waals surface area contributed by atoms with Crippen LogP contribution in [0.2, 0.25) is 0 Å². The predicted molar refractivity (Wildman–Crippen MR) is 87.0 cm³/mol. The third kappa shape index (κ3) is 3.65. The summed E-state index contributed by atoms with van der Waals surface area (Å²) in [5.41, 5.74) is 0.760. The number of aromatic nitrogens is 1. The first kappa shape index (κ1) is 17.7. The van der Waals surface area contributed by atoms with Gasteiger partial charge in [-0.25, -0.2) is 4.39 Å². The van der Waals surface area contributed by atoms with Crippen LogP contribution < -0.4 is 15.0 Å². The number of carbonyl (C=O) groups is 1. The highest BCUT2D eigenvalue weighted by Gasteiger charge is 2.25. The number of hydrogen-bond donors (Lipinski definition) is 1. The topological polar surface area (TPSA) is 76.8 Å². The number of anilines is 1. The Morgan fingerprint density at radius 1 is 1.38 bits per heavy atom. The van der Waals surface area contributed by atoms with E-state index >= 15 is 0 Å². The maximum absolute atomic E-state index is 13.6. The van der Waals surface area contributed by atoms with Gasteiger partial charge < -0.3 is 24.2 Å². The van der Waals surface area contributed by atoms with Gasteiger partial charge in [0.05, 0.1) is 13.7 Å². The summed E-state index contributed by atoms with van der Waals surface area (Å²) in [6, 6.07) is 4.21. The molecule has 2 rings (SSSR count). The lowest BCUT2D eigenvalue weighted by atomic mass is 10.1. The SMILES string of the molecule is COCCNC(=O)c1c(N(C)C)noc1-c1ccc(F)c(OC)c1. The molecule has 2 aromatic rings. The molecule has 0 bridgehead atoms. The Labute approximate surface area is 139 Å². The number of nitrogens with zero attached hydrogens (tertiary/aromatic N) is 2. The molecule has 1 heterocycles. The van der Waals surface area contributed by atoms with Crippen LogP contribution in [0.5, 0.6) is 5.75 Å². The molecule has 1 N–H and O–H groups in total. The Morgan fingerprint density at radius 2 is 2.12 bits per heavy atom. The van der Waals surface area contributed by atoms with Gasteiger partial charge in [-0.1, -0.05) is 5.16 Å². The number of amides is 1. The van der Waals surface area contributed by atoms with E-state index in [9.17, 15) is 9.18 Å². The molecular formula is C16H20FN3O4. The average Bonchev–Trinajstić information content (AvgIpc) is 3.00. The summed E-state index contributed by atoms with van der Waals surface area (Å²) in [6.45, 7) is 0.730. The van der Waals surface area contributed by atoms with Gasteiger partial charge in [0.2, 0.25) is 0 Å². The molecule has 0 aliphatic carbocycles. The lowest BCUT2D eigenvalue weighted by Crippen LogP contribution is -2.28. The molecule has 0 saturated heterocycles. The van der Waals surface area contributed by atoms with Crippen molar-refractivity contribution in [2.24, 2.45) is 0 Å². The molecule has 0 aliphatic rings. The van der Waals surface area contributed by atoms with E-state index in [4.69, 9.17) is 14.0 Å². The van der Waals surface area contributed by atoms with E-state index in [1.807, 2.05) is 0 Å². The number of ether oxygens (including phenoxy) is 2. The zero-order valence-corrected chi connectivity index (χ0v) is 14.1. The van der Waals surface area contributed by atoms with Crippen molar-refractivity contribution in [2.75, 3.05) is 46.4 Å². The number of hydrogen-bond acceptors (Lipinski definition) is 6. The van der Waals surface area contributed by atoms with Gasteiger partial charge in [0.15, 0.2) is 23.1 Å². The van der Waals surface area contributed by atoms with Crippen molar-refractivity contribution < 1.29 is 23.2 Å². The van der Waals surface area contributed by atoms with Crippen molar-refractivity contribution in [3.63, 3.8) is 0 Å². The maximum Gasteiger partial charge on any atom is 0.259 e. The molecule has 0 unspecified atom stereocenters. The lowest BCUT2D eigenvalue weighted by Gasteiger charge is -2.11. The predicted octanol–water partition coefficient (Wildman–Crippen LogP) is 1.93. The largest absolute Gasteiger partial charge is 0.494 e. The standard InChI is InChI=1S/C16H20FN3O4/c1-20(2)15-13(16(21)18-7-8-22-3)14(24-19-15)10-5-6-11(17)12(9-10)23-4/h5-6,9H,7-8H2,1-4H3,(H,18,21). The molecule has 0 spiro atoms. The van der Waals surface area contributed by atoms with Crippen LogP contribution in [-0.4, -0.2) is 52.5 Å². The van der Waals surface area contributed by atoms with Crippen molar-refractivity contribution in [1.29, 1.82) is 0 Å². The normalized spacial score (nSPS) is 10.5. The molecule has 1 aromatic carbocycles. The summed E-state index contributed by atoms with van der Waals surface area (Å²) in [5.74, 6) is -0.175. The molecule has 0 radical (unpaired) electrons. The van der Waals surface area contributed by atoms with E-state index in [0.717, 1.165) is 0 Å². The zero-order valence-electron chi connectivity index (χ0n) is 14.1. The zero-order chi connectivity index (χ0) is 17.7. The number of rotatable bonds is 7. The minimum atomic E-state index is -0.500. The Bertz CT molecular complexity index is 715. The van der Waals surface area contributed by atoms with E-state index in [1.165, 1.54) is 25.3 Å². The van der Waals surface area contributed by atoms with Crippen LogP contribution in [0.1, 0.15) is 10.4 Å². The van der Waals surface area contributed by atoms with E-state index in [-0.39, 0.29) is 23.0 Å². The van der Waals surface area contributed by atoms with E-state index in [2.05, 4.69) is 10.5 Å². The van der Waals surface area contributed by atoms with Gasteiger partial charge in [-0.2, -0.15) is 0 Å². The van der Waals surface area contributed by atoms with Crippen LogP contribution in [0.4, 0.5) is 10.2 Å². The molecule has 0 aliphatic heterocycles. The van der Waals surface area contributed by atoms with Crippen LogP contribution in [0.3, 0.4) is 0 Å². The smallest absolute Gasteiger partial charge is 0.259 e. The van der Waals surface area contributed by atoms with Crippen LogP contribution in [-0.2, 0) is 4.74 Å². The first-order valence-corrected chi connectivity index (χ1v) is 7.27. The highest BCUT2D eigenvalue weighted by atomic mass is 19.1. The third-order valence-electron chi connectivity index (χ3n) is 3.33. The Kier molecular flexibility index (Phi) is 5.75. The first-order valence-electron chi connectivity index (χ1n) is 7.27. The van der Waals surface area contributed by atoms with Crippen molar-refractivity contribution in [1.82, 2.24) is 10.5 Å². The number of halogens is 1. The monoisotopic (exact) mass is 337 g/mol. The van der Waals surface area contributed by atoms with Crippen LogP contribution in [0, 0.1) is 5.82 Å². The molecular weight excluding hydrogens is 317 g/mol. The Balaban J connectivity index is 2.45. The fourth-order valence-electron chi connectivity index (χ4n) is 2.14. The number of methoxy groups -OCH3 is 2. The summed E-state index contributed by atoms with van der Waals surface area (Å²) in [7, 11) is 6.41. The molecule has 130 valence electrons. The van der Waals surface area contributed by atoms with Crippen LogP contribution in [0.25, 0.3) is 11.3 Å². The second-order valence-electron chi connectivity index (χ2n) is 5.20. The summed E-state index contributed by atoms with van der Waals surface area (Å²) in [4.78, 5) is 14.2. The molecule has 1 aromatic heterocycles. The van der Waals surface area contributed by atoms with Crippen molar-refractivity contribution >= 4 is 11.7 Å². The van der Waals surface area contributed by atoms with Gasteiger partial charge in [0.25, 0.3) is 5.91 Å². The summed E-state index contributed by atoms with van der Waals surface area (Å²) >= 11 is 0. The van der Waals surface area contributed by atoms with Gasteiger partial charge in [-0.05, 0) is 18.2 Å². The van der Waals surface area contributed by atoms with E-state index in [1.54, 1.807) is 26.1 Å². The highest BCUT2D eigenvalue weighted by molar-refractivity contribution is 6.04. The molecule has 24 heavy (non-hydrogen) atoms. The van der Waals surface area contributed by atoms with Crippen molar-refractivity contribution in [2.45, 2.75) is 0 Å². The molecule has 1 amide bonds. The molecule has 0 saturated carbocycles. The number of benzene rings is 1. The van der Waals surface area contributed by atoms with Gasteiger partial charge in [-0.15, -0.1) is 0 Å². The van der Waals surface area contributed by atoms with E-state index in [0.29, 0.717) is 24.5 Å². The van der Waals surface area contributed by atoms with Gasteiger partial charge in [-0.3, -0.25) is 4.79 Å². The average molecular weight is 337 g/mol. The second kappa shape index (κ2) is 7.78. The minimum absolute atomic E-state index is 0.0565. The minimum Gasteiger partial charge on any atom is -0.494 e. The fourth-order valence-corrected chi connectivity index (χ4v) is 2.14. The summed E-state index contributed by atoms with van der Waals surface area (Å²) < 4.78 is 28.9. The molecule has 0 fully saturated rings. The van der Waals surface area contributed by atoms with Gasteiger partial charge >= 0.3 is 0 Å². The Morgan fingerprint density at radius 3 is 2.75 bits per heavy atom. The maximum atomic E-state index is 13.6. The second-order valence-corrected chi connectivity index (χ2v) is 5.20. The van der Waals surface area contributed by atoms with Crippen molar-refractivity contribution in [3.05, 3.63) is 29.6 Å². The quantitative estimate of drug-likeness (QED) is 0.778. The van der Waals surface area contributed by atoms with E-state index < -0.39 is 5.82 Å². The van der Waals surface area contributed by atoms with Crippen LogP contribution in [0.15, 0.2) is 22.7 Å². The summed E-state index contributed by atoms with van der Waals surface area (Å²) in [5, 5.41) is 6.68. The highest BCUT2D eigenvalue weighted by Crippen LogP contribution is 2.33. The third-order valence-corrected chi connectivity index (χ3v) is 3.33. The molecule has 8 heteroatoms. The lowest BCUT2D eigenvalue weighted by molar-refractivity contribution is 0.0938. The van der Waals surface area contributed by atoms with Gasteiger partial charge in [0, 0.05) is 33.3 Å². The van der Waals surface area contributed by atoms with Gasteiger partial charge in [0.1, 0.15) is 5.56 Å². The summed E-state index contributed by atoms with van der Waals surface area (Å²) in [6.07, 6.45) is 0. The molecule has 7 nitrogen and oxygen atoms in total. The number of nitrogens with one attached hydrogen (secondary N) is 1.